The van der Waals surface area contributed by atoms with Crippen molar-refractivity contribution in [2.45, 2.75) is 25.3 Å². The molecule has 23 heavy (non-hydrogen) atoms. The predicted molar refractivity (Wildman–Crippen MR) is 87.3 cm³/mol. The summed E-state index contributed by atoms with van der Waals surface area (Å²) in [7, 11) is -1.87. The van der Waals surface area contributed by atoms with Gasteiger partial charge in [-0.15, -0.1) is 0 Å². The molecule has 0 aliphatic carbocycles. The summed E-state index contributed by atoms with van der Waals surface area (Å²) in [5.74, 6) is -0.0538. The summed E-state index contributed by atoms with van der Waals surface area (Å²) in [6, 6.07) is 7.05. The highest BCUT2D eigenvalue weighted by Gasteiger charge is 2.20. The summed E-state index contributed by atoms with van der Waals surface area (Å²) < 4.78 is 30.7. The third-order valence-electron chi connectivity index (χ3n) is 3.66. The third kappa shape index (κ3) is 5.49. The van der Waals surface area contributed by atoms with Gasteiger partial charge in [0.1, 0.15) is 0 Å². The van der Waals surface area contributed by atoms with E-state index in [2.05, 4.69) is 10.0 Å². The number of nitrogens with one attached hydrogen (secondary N) is 2. The van der Waals surface area contributed by atoms with Gasteiger partial charge in [0.25, 0.3) is 0 Å². The lowest BCUT2D eigenvalue weighted by atomic mass is 10.1. The maximum Gasteiger partial charge on any atom is 0.317 e. The fourth-order valence-electron chi connectivity index (χ4n) is 2.34. The van der Waals surface area contributed by atoms with Crippen LogP contribution in [0, 0.1) is 0 Å². The Labute approximate surface area is 137 Å². The number of amides is 2. The number of hydrogen-bond acceptors (Lipinski definition) is 4. The molecule has 1 heterocycles. The number of morpholine rings is 1. The van der Waals surface area contributed by atoms with Gasteiger partial charge in [-0.2, -0.15) is 0 Å². The number of urea groups is 1. The Morgan fingerprint density at radius 1 is 1.30 bits per heavy atom. The van der Waals surface area contributed by atoms with Crippen LogP contribution in [0.15, 0.2) is 24.3 Å². The molecule has 1 aliphatic rings. The molecule has 1 aromatic rings. The molecule has 0 bridgehead atoms. The predicted octanol–water partition coefficient (Wildman–Crippen LogP) is 0.666. The fraction of sp³-hybridized carbons (Fsp3) is 0.533. The van der Waals surface area contributed by atoms with Crippen LogP contribution >= 0.6 is 0 Å². The average Bonchev–Trinajstić information content (AvgIpc) is 2.53. The number of hydrogen-bond donors (Lipinski definition) is 2. The largest absolute Gasteiger partial charge is 0.375 e. The van der Waals surface area contributed by atoms with E-state index in [1.165, 1.54) is 7.05 Å². The Kier molecular flexibility index (Phi) is 5.97. The molecule has 1 saturated heterocycles. The SMILES string of the molecule is CNS(=O)(=O)Cc1ccc(CNC(=O)N2CCOC(C)C2)cc1. The first-order chi connectivity index (χ1) is 10.9. The topological polar surface area (TPSA) is 87.7 Å². The lowest BCUT2D eigenvalue weighted by Gasteiger charge is -2.31. The smallest absolute Gasteiger partial charge is 0.317 e. The molecule has 2 N–H and O–H groups in total. The van der Waals surface area contributed by atoms with Crippen LogP contribution in [0.5, 0.6) is 0 Å². The molecular weight excluding hydrogens is 318 g/mol. The van der Waals surface area contributed by atoms with E-state index in [0.29, 0.717) is 31.8 Å². The molecule has 1 aliphatic heterocycles. The maximum absolute atomic E-state index is 12.1. The second-order valence-electron chi connectivity index (χ2n) is 5.57. The molecule has 1 atom stereocenters. The molecule has 2 amide bonds. The van der Waals surface area contributed by atoms with Crippen LogP contribution in [0.2, 0.25) is 0 Å². The summed E-state index contributed by atoms with van der Waals surface area (Å²) in [5.41, 5.74) is 1.63. The molecule has 8 heteroatoms. The van der Waals surface area contributed by atoms with E-state index in [1.807, 2.05) is 19.1 Å². The number of carbonyl (C=O) groups excluding carboxylic acids is 1. The zero-order valence-corrected chi connectivity index (χ0v) is 14.2. The first-order valence-corrected chi connectivity index (χ1v) is 9.18. The van der Waals surface area contributed by atoms with Crippen molar-refractivity contribution in [3.63, 3.8) is 0 Å². The zero-order chi connectivity index (χ0) is 16.9. The Morgan fingerprint density at radius 2 is 1.96 bits per heavy atom. The van der Waals surface area contributed by atoms with Crippen molar-refractivity contribution in [1.82, 2.24) is 14.9 Å². The van der Waals surface area contributed by atoms with Crippen LogP contribution in [0.3, 0.4) is 0 Å². The van der Waals surface area contributed by atoms with Crippen molar-refractivity contribution in [3.8, 4) is 0 Å². The molecule has 1 unspecified atom stereocenters. The van der Waals surface area contributed by atoms with Crippen LogP contribution in [0.4, 0.5) is 4.79 Å². The van der Waals surface area contributed by atoms with E-state index >= 15 is 0 Å². The number of nitrogens with zero attached hydrogens (tertiary/aromatic N) is 1. The van der Waals surface area contributed by atoms with E-state index in [1.54, 1.807) is 17.0 Å². The van der Waals surface area contributed by atoms with E-state index in [9.17, 15) is 13.2 Å². The van der Waals surface area contributed by atoms with E-state index in [4.69, 9.17) is 4.74 Å². The fourth-order valence-corrected chi connectivity index (χ4v) is 3.11. The molecule has 1 fully saturated rings. The number of benzene rings is 1. The molecule has 7 nitrogen and oxygen atoms in total. The molecule has 1 aromatic carbocycles. The lowest BCUT2D eigenvalue weighted by molar-refractivity contribution is -0.00351. The monoisotopic (exact) mass is 341 g/mol. The highest BCUT2D eigenvalue weighted by molar-refractivity contribution is 7.88. The molecule has 0 aromatic heterocycles. The van der Waals surface area contributed by atoms with Gasteiger partial charge in [-0.25, -0.2) is 17.9 Å². The second kappa shape index (κ2) is 7.76. The standard InChI is InChI=1S/C15H23N3O4S/c1-12-10-18(7-8-22-12)15(19)17-9-13-3-5-14(6-4-13)11-23(20,21)16-2/h3-6,12,16H,7-11H2,1-2H3,(H,17,19). The molecule has 0 saturated carbocycles. The molecule has 128 valence electrons. The van der Waals surface area contributed by atoms with Crippen molar-refractivity contribution in [1.29, 1.82) is 0 Å². The quantitative estimate of drug-likeness (QED) is 0.824. The second-order valence-corrected chi connectivity index (χ2v) is 7.49. The minimum Gasteiger partial charge on any atom is -0.375 e. The summed E-state index contributed by atoms with van der Waals surface area (Å²) in [5, 5.41) is 2.87. The number of ether oxygens (including phenoxy) is 1. The number of sulfonamides is 1. The van der Waals surface area contributed by atoms with E-state index < -0.39 is 10.0 Å². The van der Waals surface area contributed by atoms with Crippen LogP contribution < -0.4 is 10.0 Å². The zero-order valence-electron chi connectivity index (χ0n) is 13.4. The van der Waals surface area contributed by atoms with Gasteiger partial charge in [0.2, 0.25) is 10.0 Å². The van der Waals surface area contributed by atoms with Gasteiger partial charge >= 0.3 is 6.03 Å². The minimum absolute atomic E-state index is 0.0538. The Hall–Kier alpha value is -1.64. The van der Waals surface area contributed by atoms with Crippen molar-refractivity contribution in [2.75, 3.05) is 26.7 Å². The van der Waals surface area contributed by atoms with Crippen molar-refractivity contribution >= 4 is 16.1 Å². The van der Waals surface area contributed by atoms with Crippen molar-refractivity contribution in [3.05, 3.63) is 35.4 Å². The van der Waals surface area contributed by atoms with Crippen LogP contribution in [-0.4, -0.2) is 52.2 Å². The average molecular weight is 341 g/mol. The summed E-state index contributed by atoms with van der Waals surface area (Å²) >= 11 is 0. The molecule has 0 spiro atoms. The van der Waals surface area contributed by atoms with Crippen LogP contribution in [0.1, 0.15) is 18.1 Å². The molecule has 0 radical (unpaired) electrons. The Morgan fingerprint density at radius 3 is 2.57 bits per heavy atom. The highest BCUT2D eigenvalue weighted by Crippen LogP contribution is 2.09. The summed E-state index contributed by atoms with van der Waals surface area (Å²) in [6.07, 6.45) is 0.0582. The molecular formula is C15H23N3O4S. The Bertz CT molecular complexity index is 631. The van der Waals surface area contributed by atoms with E-state index in [-0.39, 0.29) is 17.9 Å². The normalized spacial score (nSPS) is 18.7. The third-order valence-corrected chi connectivity index (χ3v) is 5.00. The van der Waals surface area contributed by atoms with Gasteiger partial charge in [0.05, 0.1) is 18.5 Å². The maximum atomic E-state index is 12.1. The number of carbonyl (C=O) groups is 1. The van der Waals surface area contributed by atoms with Crippen molar-refractivity contribution < 1.29 is 17.9 Å². The lowest BCUT2D eigenvalue weighted by Crippen LogP contribution is -2.48. The van der Waals surface area contributed by atoms with Gasteiger partial charge in [-0.1, -0.05) is 24.3 Å². The highest BCUT2D eigenvalue weighted by atomic mass is 32.2. The van der Waals surface area contributed by atoms with Gasteiger partial charge in [0.15, 0.2) is 0 Å². The first kappa shape index (κ1) is 17.7. The Balaban J connectivity index is 1.85. The minimum atomic E-state index is -3.27. The van der Waals surface area contributed by atoms with Gasteiger partial charge in [-0.3, -0.25) is 0 Å². The molecule has 2 rings (SSSR count). The van der Waals surface area contributed by atoms with Crippen molar-refractivity contribution in [2.24, 2.45) is 0 Å². The van der Waals surface area contributed by atoms with Gasteiger partial charge in [0, 0.05) is 19.6 Å². The van der Waals surface area contributed by atoms with E-state index in [0.717, 1.165) is 5.56 Å². The van der Waals surface area contributed by atoms with Gasteiger partial charge < -0.3 is 15.0 Å². The summed E-state index contributed by atoms with van der Waals surface area (Å²) in [6.45, 7) is 4.09. The van der Waals surface area contributed by atoms with Gasteiger partial charge in [-0.05, 0) is 25.1 Å². The first-order valence-electron chi connectivity index (χ1n) is 7.53. The van der Waals surface area contributed by atoms with Crippen LogP contribution in [0.25, 0.3) is 0 Å². The number of rotatable bonds is 5. The summed E-state index contributed by atoms with van der Waals surface area (Å²) in [4.78, 5) is 13.8. The van der Waals surface area contributed by atoms with Crippen LogP contribution in [-0.2, 0) is 27.1 Å².